The highest BCUT2D eigenvalue weighted by Crippen LogP contribution is 2.20. The van der Waals surface area contributed by atoms with E-state index in [2.05, 4.69) is 39.0 Å². The summed E-state index contributed by atoms with van der Waals surface area (Å²) < 4.78 is 0. The molecule has 0 fully saturated rings. The lowest BCUT2D eigenvalue weighted by Crippen LogP contribution is -2.17. The lowest BCUT2D eigenvalue weighted by Gasteiger charge is -2.20. The van der Waals surface area contributed by atoms with Crippen LogP contribution in [0.15, 0.2) is 42.6 Å². The normalized spacial score (nSPS) is 10.3. The summed E-state index contributed by atoms with van der Waals surface area (Å²) in [6.45, 7) is 0.835. The van der Waals surface area contributed by atoms with E-state index in [1.165, 1.54) is 11.3 Å². The van der Waals surface area contributed by atoms with Crippen molar-refractivity contribution < 1.29 is 0 Å². The third kappa shape index (κ3) is 3.61. The molecule has 0 N–H and O–H groups in total. The van der Waals surface area contributed by atoms with Crippen molar-refractivity contribution in [1.82, 2.24) is 4.98 Å². The Balaban J connectivity index is 2.14. The predicted molar refractivity (Wildman–Crippen MR) is 82.1 cm³/mol. The van der Waals surface area contributed by atoms with E-state index in [-0.39, 0.29) is 0 Å². The molecule has 0 aliphatic carbocycles. The van der Waals surface area contributed by atoms with E-state index >= 15 is 0 Å². The van der Waals surface area contributed by atoms with Gasteiger partial charge in [0.05, 0.1) is 0 Å². The molecule has 1 aromatic carbocycles. The smallest absolute Gasteiger partial charge is 0.131 e. The minimum Gasteiger partial charge on any atom is -0.378 e. The third-order valence-electron chi connectivity index (χ3n) is 3.00. The summed E-state index contributed by atoms with van der Waals surface area (Å²) in [4.78, 5) is 8.26. The molecule has 0 radical (unpaired) electrons. The zero-order valence-electron chi connectivity index (χ0n) is 11.5. The fourth-order valence-corrected chi connectivity index (χ4v) is 2.10. The lowest BCUT2D eigenvalue weighted by atomic mass is 10.2. The van der Waals surface area contributed by atoms with Crippen LogP contribution < -0.4 is 9.80 Å². The van der Waals surface area contributed by atoms with Gasteiger partial charge in [0.25, 0.3) is 0 Å². The van der Waals surface area contributed by atoms with Crippen molar-refractivity contribution in [2.75, 3.05) is 30.9 Å². The van der Waals surface area contributed by atoms with Gasteiger partial charge in [0.15, 0.2) is 0 Å². The Hall–Kier alpha value is -1.74. The molecule has 2 aromatic rings. The number of hydrogen-bond donors (Lipinski definition) is 0. The Morgan fingerprint density at radius 3 is 2.53 bits per heavy atom. The molecular formula is C15H18ClN3. The van der Waals surface area contributed by atoms with Crippen molar-refractivity contribution in [3.63, 3.8) is 0 Å². The molecule has 0 spiro atoms. The van der Waals surface area contributed by atoms with Gasteiger partial charge in [-0.2, -0.15) is 0 Å². The number of anilines is 2. The monoisotopic (exact) mass is 275 g/mol. The number of nitrogens with zero attached hydrogens (tertiary/aromatic N) is 3. The van der Waals surface area contributed by atoms with Gasteiger partial charge in [0.2, 0.25) is 0 Å². The highest BCUT2D eigenvalue weighted by molar-refractivity contribution is 6.29. The average molecular weight is 276 g/mol. The van der Waals surface area contributed by atoms with Gasteiger partial charge in [-0.1, -0.05) is 23.7 Å². The van der Waals surface area contributed by atoms with E-state index < -0.39 is 0 Å². The van der Waals surface area contributed by atoms with Gasteiger partial charge in [-0.25, -0.2) is 4.98 Å². The zero-order chi connectivity index (χ0) is 13.8. The number of aromatic nitrogens is 1. The van der Waals surface area contributed by atoms with Crippen LogP contribution in [0.2, 0.25) is 5.15 Å². The second-order valence-corrected chi connectivity index (χ2v) is 5.14. The van der Waals surface area contributed by atoms with E-state index in [4.69, 9.17) is 11.6 Å². The topological polar surface area (TPSA) is 19.4 Å². The van der Waals surface area contributed by atoms with Crippen LogP contribution in [0.1, 0.15) is 5.56 Å². The van der Waals surface area contributed by atoms with Crippen LogP contribution in [-0.2, 0) is 6.54 Å². The predicted octanol–water partition coefficient (Wildman–Crippen LogP) is 3.44. The molecule has 0 unspecified atom stereocenters. The Labute approximate surface area is 119 Å². The van der Waals surface area contributed by atoms with Crippen LogP contribution in [-0.4, -0.2) is 26.1 Å². The Morgan fingerprint density at radius 2 is 1.84 bits per heavy atom. The van der Waals surface area contributed by atoms with Crippen molar-refractivity contribution in [2.24, 2.45) is 0 Å². The first-order valence-electron chi connectivity index (χ1n) is 6.15. The maximum absolute atomic E-state index is 5.91. The quantitative estimate of drug-likeness (QED) is 0.797. The summed E-state index contributed by atoms with van der Waals surface area (Å²) >= 11 is 5.91. The van der Waals surface area contributed by atoms with E-state index in [9.17, 15) is 0 Å². The van der Waals surface area contributed by atoms with Crippen molar-refractivity contribution >= 4 is 23.0 Å². The molecule has 2 rings (SSSR count). The third-order valence-corrected chi connectivity index (χ3v) is 3.20. The van der Waals surface area contributed by atoms with E-state index in [0.717, 1.165) is 12.2 Å². The average Bonchev–Trinajstić information content (AvgIpc) is 2.39. The second kappa shape index (κ2) is 5.93. The molecule has 19 heavy (non-hydrogen) atoms. The minimum absolute atomic E-state index is 0.520. The molecule has 0 saturated heterocycles. The maximum Gasteiger partial charge on any atom is 0.131 e. The number of hydrogen-bond acceptors (Lipinski definition) is 3. The molecule has 1 aromatic heterocycles. The van der Waals surface area contributed by atoms with Crippen LogP contribution in [0.25, 0.3) is 0 Å². The molecule has 0 saturated carbocycles. The van der Waals surface area contributed by atoms with Gasteiger partial charge in [-0.05, 0) is 29.8 Å². The molecule has 0 aliphatic heterocycles. The molecular weight excluding hydrogens is 258 g/mol. The fourth-order valence-electron chi connectivity index (χ4n) is 1.93. The highest BCUT2D eigenvalue weighted by Gasteiger charge is 2.04. The second-order valence-electron chi connectivity index (χ2n) is 4.76. The summed E-state index contributed by atoms with van der Waals surface area (Å²) in [5.74, 6) is 0. The number of halogens is 1. The maximum atomic E-state index is 5.91. The van der Waals surface area contributed by atoms with Crippen LogP contribution >= 0.6 is 11.6 Å². The van der Waals surface area contributed by atoms with Crippen LogP contribution in [0.4, 0.5) is 11.4 Å². The Morgan fingerprint density at radius 1 is 1.05 bits per heavy atom. The van der Waals surface area contributed by atoms with Gasteiger partial charge >= 0.3 is 0 Å². The van der Waals surface area contributed by atoms with Gasteiger partial charge in [0.1, 0.15) is 5.15 Å². The number of pyridine rings is 1. The summed E-state index contributed by atoms with van der Waals surface area (Å²) in [5.41, 5.74) is 3.54. The number of benzene rings is 1. The standard InChI is InChI=1S/C15H18ClN3/c1-18(2)13-6-4-5-12(9-13)11-19(3)14-7-8-17-15(16)10-14/h4-10H,11H2,1-3H3. The number of rotatable bonds is 4. The molecule has 0 amide bonds. The SMILES string of the molecule is CN(C)c1cccc(CN(C)c2ccnc(Cl)c2)c1. The van der Waals surface area contributed by atoms with Gasteiger partial charge < -0.3 is 9.80 Å². The van der Waals surface area contributed by atoms with Crippen LogP contribution in [0.5, 0.6) is 0 Å². The minimum atomic E-state index is 0.520. The molecule has 0 bridgehead atoms. The zero-order valence-corrected chi connectivity index (χ0v) is 12.2. The van der Waals surface area contributed by atoms with Gasteiger partial charge in [-0.3, -0.25) is 0 Å². The lowest BCUT2D eigenvalue weighted by molar-refractivity contribution is 0.919. The Kier molecular flexibility index (Phi) is 4.27. The summed E-state index contributed by atoms with van der Waals surface area (Å²) in [6, 6.07) is 12.3. The van der Waals surface area contributed by atoms with E-state index in [1.54, 1.807) is 6.20 Å². The van der Waals surface area contributed by atoms with Gasteiger partial charge in [0, 0.05) is 45.3 Å². The molecule has 0 aliphatic rings. The summed E-state index contributed by atoms with van der Waals surface area (Å²) in [6.07, 6.45) is 1.73. The van der Waals surface area contributed by atoms with Crippen molar-refractivity contribution in [3.8, 4) is 0 Å². The first kappa shape index (κ1) is 13.7. The highest BCUT2D eigenvalue weighted by atomic mass is 35.5. The van der Waals surface area contributed by atoms with Crippen LogP contribution in [0.3, 0.4) is 0 Å². The van der Waals surface area contributed by atoms with Gasteiger partial charge in [-0.15, -0.1) is 0 Å². The first-order chi connectivity index (χ1) is 9.06. The van der Waals surface area contributed by atoms with Crippen molar-refractivity contribution in [1.29, 1.82) is 0 Å². The largest absolute Gasteiger partial charge is 0.378 e. The summed E-state index contributed by atoms with van der Waals surface area (Å²) in [5, 5.41) is 0.520. The molecule has 0 atom stereocenters. The molecule has 4 heteroatoms. The van der Waals surface area contributed by atoms with E-state index in [0.29, 0.717) is 5.15 Å². The van der Waals surface area contributed by atoms with Crippen molar-refractivity contribution in [3.05, 3.63) is 53.3 Å². The fraction of sp³-hybridized carbons (Fsp3) is 0.267. The molecule has 100 valence electrons. The van der Waals surface area contributed by atoms with Crippen LogP contribution in [0, 0.1) is 0 Å². The van der Waals surface area contributed by atoms with Crippen molar-refractivity contribution in [2.45, 2.75) is 6.54 Å². The van der Waals surface area contributed by atoms with E-state index in [1.807, 2.05) is 33.3 Å². The summed E-state index contributed by atoms with van der Waals surface area (Å²) in [7, 11) is 6.14. The Bertz CT molecular complexity index is 555. The first-order valence-corrected chi connectivity index (χ1v) is 6.53. The molecule has 1 heterocycles. The molecule has 3 nitrogen and oxygen atoms in total.